The van der Waals surface area contributed by atoms with Crippen molar-refractivity contribution in [3.05, 3.63) is 0 Å². The summed E-state index contributed by atoms with van der Waals surface area (Å²) in [7, 11) is 0. The fourth-order valence-corrected chi connectivity index (χ4v) is 2.82. The number of carboxylic acids is 1. The minimum atomic E-state index is -0.813. The number of ether oxygens (including phenoxy) is 1. The molecule has 2 aliphatic heterocycles. The van der Waals surface area contributed by atoms with Gasteiger partial charge >= 0.3 is 12.0 Å². The molecule has 0 aliphatic carbocycles. The summed E-state index contributed by atoms with van der Waals surface area (Å²) in [5, 5.41) is 11.8. The van der Waals surface area contributed by atoms with Crippen molar-refractivity contribution < 1.29 is 19.4 Å². The lowest BCUT2D eigenvalue weighted by atomic mass is 10.0. The lowest BCUT2D eigenvalue weighted by molar-refractivity contribution is -0.138. The summed E-state index contributed by atoms with van der Waals surface area (Å²) in [5.74, 6) is -0.300. The molecule has 21 heavy (non-hydrogen) atoms. The first-order chi connectivity index (χ1) is 10.1. The van der Waals surface area contributed by atoms with Crippen LogP contribution >= 0.6 is 0 Å². The molecule has 0 atom stereocenters. The second-order valence-electron chi connectivity index (χ2n) is 5.75. The number of hydrogen-bond donors (Lipinski definition) is 2. The Morgan fingerprint density at radius 3 is 2.62 bits per heavy atom. The molecule has 2 amide bonds. The number of hydrogen-bond acceptors (Lipinski definition) is 4. The smallest absolute Gasteiger partial charge is 0.317 e. The maximum atomic E-state index is 12.2. The number of nitrogens with zero attached hydrogens (tertiary/aromatic N) is 2. The van der Waals surface area contributed by atoms with Gasteiger partial charge in [0.05, 0.1) is 6.54 Å². The second-order valence-corrected chi connectivity index (χ2v) is 5.75. The van der Waals surface area contributed by atoms with E-state index in [1.807, 2.05) is 4.90 Å². The van der Waals surface area contributed by atoms with Crippen molar-refractivity contribution in [3.63, 3.8) is 0 Å². The predicted octanol–water partition coefficient (Wildman–Crippen LogP) is 0.215. The monoisotopic (exact) mass is 299 g/mol. The summed E-state index contributed by atoms with van der Waals surface area (Å²) in [5.41, 5.74) is 0. The minimum absolute atomic E-state index is 0.0290. The van der Waals surface area contributed by atoms with Crippen LogP contribution in [0.2, 0.25) is 0 Å². The van der Waals surface area contributed by atoms with Gasteiger partial charge in [0.15, 0.2) is 0 Å². The molecule has 0 aromatic rings. The van der Waals surface area contributed by atoms with Crippen LogP contribution in [0, 0.1) is 5.92 Å². The summed E-state index contributed by atoms with van der Waals surface area (Å²) < 4.78 is 5.31. The van der Waals surface area contributed by atoms with Crippen LogP contribution in [0.4, 0.5) is 4.79 Å². The molecule has 0 saturated carbocycles. The van der Waals surface area contributed by atoms with E-state index in [-0.39, 0.29) is 12.6 Å². The van der Waals surface area contributed by atoms with Crippen LogP contribution < -0.4 is 5.32 Å². The molecule has 0 aromatic heterocycles. The van der Waals surface area contributed by atoms with E-state index in [9.17, 15) is 9.59 Å². The zero-order valence-corrected chi connectivity index (χ0v) is 12.4. The van der Waals surface area contributed by atoms with Crippen LogP contribution in [0.25, 0.3) is 0 Å². The molecule has 0 unspecified atom stereocenters. The Balaban J connectivity index is 1.70. The van der Waals surface area contributed by atoms with Gasteiger partial charge in [-0.1, -0.05) is 0 Å². The zero-order chi connectivity index (χ0) is 15.1. The van der Waals surface area contributed by atoms with Gasteiger partial charge in [-0.25, -0.2) is 4.79 Å². The first kappa shape index (κ1) is 16.0. The summed E-state index contributed by atoms with van der Waals surface area (Å²) in [6.07, 6.45) is 2.83. The molecule has 2 saturated heterocycles. The number of amides is 2. The van der Waals surface area contributed by atoms with Gasteiger partial charge in [0.2, 0.25) is 0 Å². The Morgan fingerprint density at radius 1 is 1.14 bits per heavy atom. The summed E-state index contributed by atoms with van der Waals surface area (Å²) in [6, 6.07) is -0.0290. The van der Waals surface area contributed by atoms with Crippen LogP contribution in [-0.2, 0) is 9.53 Å². The number of carboxylic acid groups (broad SMARTS) is 1. The highest BCUT2D eigenvalue weighted by atomic mass is 16.5. The number of rotatable bonds is 4. The molecular formula is C14H25N3O4. The third kappa shape index (κ3) is 5.51. The lowest BCUT2D eigenvalue weighted by Crippen LogP contribution is -2.44. The topological polar surface area (TPSA) is 82.1 Å². The van der Waals surface area contributed by atoms with E-state index in [1.54, 1.807) is 4.90 Å². The highest BCUT2D eigenvalue weighted by Crippen LogP contribution is 2.13. The van der Waals surface area contributed by atoms with E-state index in [1.165, 1.54) is 0 Å². The van der Waals surface area contributed by atoms with Crippen molar-refractivity contribution in [1.29, 1.82) is 0 Å². The third-order valence-corrected chi connectivity index (χ3v) is 4.12. The molecular weight excluding hydrogens is 274 g/mol. The molecule has 7 heteroatoms. The predicted molar refractivity (Wildman–Crippen MR) is 77.2 cm³/mol. The fourth-order valence-electron chi connectivity index (χ4n) is 2.82. The molecule has 0 radical (unpaired) electrons. The highest BCUT2D eigenvalue weighted by Gasteiger charge is 2.21. The first-order valence-electron chi connectivity index (χ1n) is 7.70. The van der Waals surface area contributed by atoms with Crippen LogP contribution in [-0.4, -0.2) is 79.4 Å². The van der Waals surface area contributed by atoms with E-state index in [0.717, 1.165) is 39.0 Å². The molecule has 2 aliphatic rings. The van der Waals surface area contributed by atoms with E-state index >= 15 is 0 Å². The Morgan fingerprint density at radius 2 is 1.90 bits per heavy atom. The molecule has 0 aromatic carbocycles. The quantitative estimate of drug-likeness (QED) is 0.776. The average Bonchev–Trinajstić information content (AvgIpc) is 2.71. The minimum Gasteiger partial charge on any atom is -0.480 e. The number of nitrogens with one attached hydrogen (secondary N) is 1. The molecule has 2 fully saturated rings. The van der Waals surface area contributed by atoms with Crippen molar-refractivity contribution in [3.8, 4) is 0 Å². The van der Waals surface area contributed by atoms with Crippen LogP contribution in [0.5, 0.6) is 0 Å². The van der Waals surface area contributed by atoms with E-state index in [0.29, 0.717) is 32.1 Å². The Bertz CT molecular complexity index is 358. The third-order valence-electron chi connectivity index (χ3n) is 4.12. The number of aliphatic carboxylic acids is 1. The summed E-state index contributed by atoms with van der Waals surface area (Å²) in [6.45, 7) is 4.97. The molecule has 2 N–H and O–H groups in total. The number of urea groups is 1. The largest absolute Gasteiger partial charge is 0.480 e. The van der Waals surface area contributed by atoms with Gasteiger partial charge in [-0.05, 0) is 25.2 Å². The zero-order valence-electron chi connectivity index (χ0n) is 12.4. The van der Waals surface area contributed by atoms with Gasteiger partial charge in [0, 0.05) is 45.9 Å². The summed E-state index contributed by atoms with van der Waals surface area (Å²) >= 11 is 0. The van der Waals surface area contributed by atoms with E-state index < -0.39 is 5.97 Å². The standard InChI is InChI=1S/C14H25N3O4/c18-13(19)11-16-4-1-5-17(7-6-16)14(20)15-10-12-2-8-21-9-3-12/h12H,1-11H2,(H,15,20)(H,18,19). The molecule has 2 rings (SSSR count). The van der Waals surface area contributed by atoms with Crippen molar-refractivity contribution in [2.24, 2.45) is 5.92 Å². The molecule has 0 bridgehead atoms. The maximum Gasteiger partial charge on any atom is 0.317 e. The second kappa shape index (κ2) is 8.19. The maximum absolute atomic E-state index is 12.2. The Labute approximate surface area is 125 Å². The van der Waals surface area contributed by atoms with Gasteiger partial charge in [0.1, 0.15) is 0 Å². The summed E-state index contributed by atoms with van der Waals surface area (Å²) in [4.78, 5) is 26.6. The highest BCUT2D eigenvalue weighted by molar-refractivity contribution is 5.74. The SMILES string of the molecule is O=C(O)CN1CCCN(C(=O)NCC2CCOCC2)CC1. The van der Waals surface area contributed by atoms with Crippen LogP contribution in [0.15, 0.2) is 0 Å². The molecule has 0 spiro atoms. The van der Waals surface area contributed by atoms with Crippen molar-refractivity contribution in [2.45, 2.75) is 19.3 Å². The fraction of sp³-hybridized carbons (Fsp3) is 0.857. The van der Waals surface area contributed by atoms with Crippen molar-refractivity contribution >= 4 is 12.0 Å². The number of carbonyl (C=O) groups excluding carboxylic acids is 1. The lowest BCUT2D eigenvalue weighted by Gasteiger charge is -2.25. The van der Waals surface area contributed by atoms with Gasteiger partial charge in [0.25, 0.3) is 0 Å². The molecule has 120 valence electrons. The van der Waals surface area contributed by atoms with Gasteiger partial charge in [-0.15, -0.1) is 0 Å². The Kier molecular flexibility index (Phi) is 6.25. The van der Waals surface area contributed by atoms with Crippen molar-refractivity contribution in [2.75, 3.05) is 52.5 Å². The van der Waals surface area contributed by atoms with E-state index in [4.69, 9.17) is 9.84 Å². The van der Waals surface area contributed by atoms with Crippen LogP contribution in [0.3, 0.4) is 0 Å². The number of carbonyl (C=O) groups is 2. The normalized spacial score (nSPS) is 21.8. The molecule has 7 nitrogen and oxygen atoms in total. The average molecular weight is 299 g/mol. The Hall–Kier alpha value is -1.34. The molecule has 2 heterocycles. The van der Waals surface area contributed by atoms with Gasteiger partial charge in [-0.3, -0.25) is 9.69 Å². The van der Waals surface area contributed by atoms with E-state index in [2.05, 4.69) is 5.32 Å². The van der Waals surface area contributed by atoms with Gasteiger partial charge < -0.3 is 20.1 Å². The first-order valence-corrected chi connectivity index (χ1v) is 7.70. The van der Waals surface area contributed by atoms with Gasteiger partial charge in [-0.2, -0.15) is 0 Å². The van der Waals surface area contributed by atoms with Crippen LogP contribution in [0.1, 0.15) is 19.3 Å². The van der Waals surface area contributed by atoms with Crippen molar-refractivity contribution in [1.82, 2.24) is 15.1 Å².